The molecule has 0 aliphatic rings. The van der Waals surface area contributed by atoms with Crippen LogP contribution in [0.5, 0.6) is 5.75 Å². The van der Waals surface area contributed by atoms with E-state index in [0.717, 1.165) is 16.7 Å². The number of halogens is 3. The van der Waals surface area contributed by atoms with Crippen LogP contribution in [0.3, 0.4) is 0 Å². The second-order valence-corrected chi connectivity index (χ2v) is 6.07. The fraction of sp³-hybridized carbons (Fsp3) is 0.158. The number of para-hydroxylation sites is 1. The number of aromatic nitrogens is 3. The zero-order valence-corrected chi connectivity index (χ0v) is 15.3. The van der Waals surface area contributed by atoms with Crippen molar-refractivity contribution < 1.29 is 22.7 Å². The van der Waals surface area contributed by atoms with Gasteiger partial charge in [-0.25, -0.2) is 4.79 Å². The molecule has 0 fully saturated rings. The number of rotatable bonds is 6. The number of amides is 1. The number of pyridine rings is 1. The van der Waals surface area contributed by atoms with Crippen molar-refractivity contribution in [2.75, 3.05) is 0 Å². The highest BCUT2D eigenvalue weighted by Gasteiger charge is 2.32. The molecule has 8 nitrogen and oxygen atoms in total. The molecule has 0 unspecified atom stereocenters. The van der Waals surface area contributed by atoms with Gasteiger partial charge in [-0.1, -0.05) is 24.3 Å². The minimum Gasteiger partial charge on any atom is -0.405 e. The lowest BCUT2D eigenvalue weighted by molar-refractivity contribution is -0.274. The van der Waals surface area contributed by atoms with E-state index in [0.29, 0.717) is 5.69 Å². The summed E-state index contributed by atoms with van der Waals surface area (Å²) in [4.78, 5) is 43.0. The first-order chi connectivity index (χ1) is 14.2. The van der Waals surface area contributed by atoms with E-state index in [4.69, 9.17) is 0 Å². The van der Waals surface area contributed by atoms with Gasteiger partial charge in [0.15, 0.2) is 0 Å². The van der Waals surface area contributed by atoms with Gasteiger partial charge in [-0.2, -0.15) is 0 Å². The van der Waals surface area contributed by atoms with Crippen LogP contribution in [0, 0.1) is 0 Å². The van der Waals surface area contributed by atoms with Gasteiger partial charge in [0, 0.05) is 24.4 Å². The largest absolute Gasteiger partial charge is 0.573 e. The molecule has 0 saturated carbocycles. The van der Waals surface area contributed by atoms with Gasteiger partial charge in [0.25, 0.3) is 11.5 Å². The molecule has 1 aromatic carbocycles. The van der Waals surface area contributed by atoms with Crippen LogP contribution in [0.25, 0.3) is 0 Å². The maximum absolute atomic E-state index is 12.5. The Labute approximate surface area is 167 Å². The summed E-state index contributed by atoms with van der Waals surface area (Å²) in [6, 6.07) is 11.2. The summed E-state index contributed by atoms with van der Waals surface area (Å²) in [6.45, 7) is -0.400. The zero-order valence-electron chi connectivity index (χ0n) is 15.3. The maximum Gasteiger partial charge on any atom is 0.573 e. The van der Waals surface area contributed by atoms with Gasteiger partial charge in [-0.3, -0.25) is 19.1 Å². The van der Waals surface area contributed by atoms with Gasteiger partial charge in [0.2, 0.25) is 0 Å². The van der Waals surface area contributed by atoms with Gasteiger partial charge >= 0.3 is 12.1 Å². The molecule has 1 amide bonds. The molecule has 0 aliphatic carbocycles. The molecular weight excluding hydrogens is 405 g/mol. The Morgan fingerprint density at radius 2 is 1.87 bits per heavy atom. The van der Waals surface area contributed by atoms with Crippen LogP contribution in [0.2, 0.25) is 0 Å². The van der Waals surface area contributed by atoms with E-state index in [1.807, 2.05) is 0 Å². The van der Waals surface area contributed by atoms with Crippen LogP contribution in [0.4, 0.5) is 13.2 Å². The third-order valence-electron chi connectivity index (χ3n) is 3.95. The summed E-state index contributed by atoms with van der Waals surface area (Å²) in [5.74, 6) is -1.31. The van der Waals surface area contributed by atoms with E-state index in [2.05, 4.69) is 20.0 Å². The minimum atomic E-state index is -4.89. The minimum absolute atomic E-state index is 0.0639. The van der Waals surface area contributed by atoms with Crippen molar-refractivity contribution in [2.24, 2.45) is 0 Å². The van der Waals surface area contributed by atoms with Crippen LogP contribution in [0.1, 0.15) is 21.7 Å². The molecule has 30 heavy (non-hydrogen) atoms. The van der Waals surface area contributed by atoms with E-state index in [9.17, 15) is 27.6 Å². The van der Waals surface area contributed by atoms with Gasteiger partial charge < -0.3 is 15.0 Å². The molecule has 0 radical (unpaired) electrons. The Morgan fingerprint density at radius 1 is 1.13 bits per heavy atom. The summed E-state index contributed by atoms with van der Waals surface area (Å²) in [5, 5.41) is 2.35. The summed E-state index contributed by atoms with van der Waals surface area (Å²) in [7, 11) is 0. The van der Waals surface area contributed by atoms with E-state index in [1.54, 1.807) is 18.2 Å². The van der Waals surface area contributed by atoms with Crippen molar-refractivity contribution in [1.29, 1.82) is 0 Å². The molecule has 11 heteroatoms. The zero-order chi connectivity index (χ0) is 21.7. The number of hydrogen-bond donors (Lipinski definition) is 2. The molecule has 0 saturated heterocycles. The number of nitrogens with zero attached hydrogens (tertiary/aromatic N) is 2. The number of aromatic amines is 1. The maximum atomic E-state index is 12.5. The van der Waals surface area contributed by atoms with Crippen LogP contribution in [0.15, 0.2) is 64.3 Å². The Morgan fingerprint density at radius 3 is 2.53 bits per heavy atom. The number of hydrogen-bond acceptors (Lipinski definition) is 5. The van der Waals surface area contributed by atoms with Crippen molar-refractivity contribution in [1.82, 2.24) is 19.9 Å². The smallest absolute Gasteiger partial charge is 0.405 e. The van der Waals surface area contributed by atoms with Crippen molar-refractivity contribution >= 4 is 5.91 Å². The normalized spacial score (nSPS) is 11.2. The molecule has 0 aliphatic heterocycles. The Hall–Kier alpha value is -3.89. The average molecular weight is 420 g/mol. The van der Waals surface area contributed by atoms with E-state index in [1.165, 1.54) is 24.4 Å². The molecule has 3 aromatic rings. The molecule has 2 heterocycles. The lowest BCUT2D eigenvalue weighted by atomic mass is 10.2. The molecule has 156 valence electrons. The number of alkyl halides is 3. The number of ether oxygens (including phenoxy) is 1. The topological polar surface area (TPSA) is 106 Å². The van der Waals surface area contributed by atoms with Crippen molar-refractivity contribution in [2.45, 2.75) is 19.5 Å². The molecular formula is C19H15F3N4O4. The fourth-order valence-electron chi connectivity index (χ4n) is 2.59. The van der Waals surface area contributed by atoms with Crippen LogP contribution in [-0.2, 0) is 13.1 Å². The number of benzene rings is 1. The van der Waals surface area contributed by atoms with Gasteiger partial charge in [-0.15, -0.1) is 13.2 Å². The molecule has 0 atom stereocenters. The van der Waals surface area contributed by atoms with Crippen LogP contribution < -0.4 is 21.3 Å². The van der Waals surface area contributed by atoms with Crippen LogP contribution in [-0.4, -0.2) is 26.8 Å². The summed E-state index contributed by atoms with van der Waals surface area (Å²) in [5.41, 5.74) is -1.33. The van der Waals surface area contributed by atoms with E-state index >= 15 is 0 Å². The predicted molar refractivity (Wildman–Crippen MR) is 99.0 cm³/mol. The number of H-pyrrole nitrogens is 1. The number of nitrogens with one attached hydrogen (secondary N) is 2. The monoisotopic (exact) mass is 420 g/mol. The predicted octanol–water partition coefficient (Wildman–Crippen LogP) is 1.81. The lowest BCUT2D eigenvalue weighted by Gasteiger charge is -2.13. The van der Waals surface area contributed by atoms with Crippen LogP contribution >= 0.6 is 0 Å². The van der Waals surface area contributed by atoms with E-state index < -0.39 is 29.3 Å². The second-order valence-electron chi connectivity index (χ2n) is 6.07. The van der Waals surface area contributed by atoms with Crippen molar-refractivity contribution in [3.8, 4) is 5.75 Å². The quantitative estimate of drug-likeness (QED) is 0.633. The summed E-state index contributed by atoms with van der Waals surface area (Å²) in [6.07, 6.45) is -3.37. The third-order valence-corrected chi connectivity index (χ3v) is 3.95. The first-order valence-corrected chi connectivity index (χ1v) is 8.59. The highest BCUT2D eigenvalue weighted by Crippen LogP contribution is 2.26. The number of carbonyl (C=O) groups excluding carboxylic acids is 1. The Balaban J connectivity index is 1.74. The first-order valence-electron chi connectivity index (χ1n) is 8.59. The second kappa shape index (κ2) is 8.64. The van der Waals surface area contributed by atoms with Gasteiger partial charge in [0.05, 0.1) is 12.2 Å². The van der Waals surface area contributed by atoms with Crippen molar-refractivity contribution in [3.05, 3.63) is 92.5 Å². The number of carbonyl (C=O) groups is 1. The average Bonchev–Trinajstić information content (AvgIpc) is 2.69. The highest BCUT2D eigenvalue weighted by atomic mass is 19.4. The highest BCUT2D eigenvalue weighted by molar-refractivity contribution is 5.92. The molecule has 2 aromatic heterocycles. The Bertz CT molecular complexity index is 1130. The van der Waals surface area contributed by atoms with Gasteiger partial charge in [0.1, 0.15) is 11.4 Å². The molecule has 0 spiro atoms. The molecule has 0 bridgehead atoms. The third kappa shape index (κ3) is 5.34. The fourth-order valence-corrected chi connectivity index (χ4v) is 2.59. The SMILES string of the molecule is O=C(NCc1ccccc1OC(F)(F)F)c1cc(=O)n(Cc2ccccn2)c(=O)[nH]1. The summed E-state index contributed by atoms with van der Waals surface area (Å²) < 4.78 is 42.2. The molecule has 3 rings (SSSR count). The summed E-state index contributed by atoms with van der Waals surface area (Å²) >= 11 is 0. The van der Waals surface area contributed by atoms with E-state index in [-0.39, 0.29) is 24.3 Å². The lowest BCUT2D eigenvalue weighted by Crippen LogP contribution is -2.38. The van der Waals surface area contributed by atoms with Gasteiger partial charge in [-0.05, 0) is 18.2 Å². The molecule has 2 N–H and O–H groups in total. The Kier molecular flexibility index (Phi) is 6.00. The first kappa shape index (κ1) is 20.8. The van der Waals surface area contributed by atoms with Crippen molar-refractivity contribution in [3.63, 3.8) is 0 Å². The standard InChI is InChI=1S/C19H15F3N4O4/c20-19(21,22)30-15-7-2-1-5-12(15)10-24-17(28)14-9-16(27)26(18(29)25-14)11-13-6-3-4-8-23-13/h1-9H,10-11H2,(H,24,28)(H,25,29).